The Labute approximate surface area is 118 Å². The minimum atomic E-state index is -0.176. The van der Waals surface area contributed by atoms with Crippen LogP contribution in [0.5, 0.6) is 5.75 Å². The lowest BCUT2D eigenvalue weighted by Gasteiger charge is -2.20. The lowest BCUT2D eigenvalue weighted by Crippen LogP contribution is -2.09. The molecule has 104 valence electrons. The lowest BCUT2D eigenvalue weighted by molar-refractivity contribution is 0.289. The Hall–Kier alpha value is -1.87. The third kappa shape index (κ3) is 2.41. The third-order valence-corrected chi connectivity index (χ3v) is 3.66. The number of fused-ring (bicyclic) bond motifs is 1. The molecule has 0 bridgehead atoms. The smallest absolute Gasteiger partial charge is 0.130 e. The SMILES string of the molecule is CNCc1ccc(-c2cccc3c2OCCC3)cc1F. The molecule has 0 atom stereocenters. The second-order valence-electron chi connectivity index (χ2n) is 5.08. The molecule has 20 heavy (non-hydrogen) atoms. The van der Waals surface area contributed by atoms with E-state index in [9.17, 15) is 4.39 Å². The molecule has 0 unspecified atom stereocenters. The molecule has 0 aromatic heterocycles. The van der Waals surface area contributed by atoms with Crippen molar-refractivity contribution in [1.29, 1.82) is 0 Å². The van der Waals surface area contributed by atoms with E-state index in [-0.39, 0.29) is 5.82 Å². The first-order valence-electron chi connectivity index (χ1n) is 6.97. The number of aryl methyl sites for hydroxylation is 1. The summed E-state index contributed by atoms with van der Waals surface area (Å²) in [5, 5.41) is 2.97. The van der Waals surface area contributed by atoms with E-state index in [1.54, 1.807) is 6.07 Å². The summed E-state index contributed by atoms with van der Waals surface area (Å²) in [5.74, 6) is 0.741. The van der Waals surface area contributed by atoms with Crippen LogP contribution in [0.1, 0.15) is 17.5 Å². The van der Waals surface area contributed by atoms with Gasteiger partial charge in [-0.25, -0.2) is 4.39 Å². The fourth-order valence-electron chi connectivity index (χ4n) is 2.66. The molecule has 0 saturated carbocycles. The fraction of sp³-hybridized carbons (Fsp3) is 0.294. The molecule has 3 rings (SSSR count). The maximum absolute atomic E-state index is 14.1. The highest BCUT2D eigenvalue weighted by atomic mass is 19.1. The Morgan fingerprint density at radius 1 is 1.25 bits per heavy atom. The number of rotatable bonds is 3. The molecule has 0 radical (unpaired) electrons. The average Bonchev–Trinajstić information content (AvgIpc) is 2.49. The van der Waals surface area contributed by atoms with Crippen molar-refractivity contribution in [2.45, 2.75) is 19.4 Å². The van der Waals surface area contributed by atoms with Crippen LogP contribution in [0.3, 0.4) is 0 Å². The Morgan fingerprint density at radius 2 is 2.15 bits per heavy atom. The predicted molar refractivity (Wildman–Crippen MR) is 78.4 cm³/mol. The van der Waals surface area contributed by atoms with E-state index in [0.717, 1.165) is 36.3 Å². The second kappa shape index (κ2) is 5.63. The summed E-state index contributed by atoms with van der Waals surface area (Å²) in [6.45, 7) is 1.28. The average molecular weight is 271 g/mol. The van der Waals surface area contributed by atoms with E-state index in [2.05, 4.69) is 11.4 Å². The van der Waals surface area contributed by atoms with Gasteiger partial charge in [0.25, 0.3) is 0 Å². The van der Waals surface area contributed by atoms with Crippen LogP contribution in [0.2, 0.25) is 0 Å². The van der Waals surface area contributed by atoms with Gasteiger partial charge in [0.05, 0.1) is 6.61 Å². The molecule has 0 fully saturated rings. The first-order valence-corrected chi connectivity index (χ1v) is 6.97. The molecule has 1 aliphatic rings. The normalized spacial score (nSPS) is 13.7. The van der Waals surface area contributed by atoms with Crippen LogP contribution in [0.15, 0.2) is 36.4 Å². The molecule has 2 aromatic rings. The van der Waals surface area contributed by atoms with Crippen LogP contribution in [0.4, 0.5) is 4.39 Å². The van der Waals surface area contributed by atoms with Crippen LogP contribution in [-0.4, -0.2) is 13.7 Å². The van der Waals surface area contributed by atoms with Crippen molar-refractivity contribution in [3.05, 3.63) is 53.3 Å². The van der Waals surface area contributed by atoms with Crippen LogP contribution < -0.4 is 10.1 Å². The second-order valence-corrected chi connectivity index (χ2v) is 5.08. The standard InChI is InChI=1S/C17H18FNO/c1-19-11-14-8-7-13(10-16(14)18)15-6-2-4-12-5-3-9-20-17(12)15/h2,4,6-8,10,19H,3,5,9,11H2,1H3. The summed E-state index contributed by atoms with van der Waals surface area (Å²) in [4.78, 5) is 0. The first-order chi connectivity index (χ1) is 9.79. The lowest BCUT2D eigenvalue weighted by atomic mass is 9.97. The molecule has 1 aliphatic heterocycles. The van der Waals surface area contributed by atoms with Crippen molar-refractivity contribution in [2.24, 2.45) is 0 Å². The molecule has 3 heteroatoms. The summed E-state index contributed by atoms with van der Waals surface area (Å²) in [7, 11) is 1.81. The number of nitrogens with one attached hydrogen (secondary N) is 1. The van der Waals surface area contributed by atoms with Crippen molar-refractivity contribution < 1.29 is 9.13 Å². The van der Waals surface area contributed by atoms with Crippen molar-refractivity contribution in [2.75, 3.05) is 13.7 Å². The molecular formula is C17H18FNO. The van der Waals surface area contributed by atoms with E-state index in [1.165, 1.54) is 5.56 Å². The minimum Gasteiger partial charge on any atom is -0.493 e. The zero-order valence-corrected chi connectivity index (χ0v) is 11.6. The first kappa shape index (κ1) is 13.1. The summed E-state index contributed by atoms with van der Waals surface area (Å²) in [6, 6.07) is 11.5. The van der Waals surface area contributed by atoms with Crippen LogP contribution >= 0.6 is 0 Å². The highest BCUT2D eigenvalue weighted by Crippen LogP contribution is 2.36. The zero-order valence-electron chi connectivity index (χ0n) is 11.6. The number of benzene rings is 2. The molecule has 2 aromatic carbocycles. The molecule has 1 N–H and O–H groups in total. The monoisotopic (exact) mass is 271 g/mol. The number of para-hydroxylation sites is 1. The number of halogens is 1. The quantitative estimate of drug-likeness (QED) is 0.922. The Bertz CT molecular complexity index is 624. The fourth-order valence-corrected chi connectivity index (χ4v) is 2.66. The molecular weight excluding hydrogens is 253 g/mol. The largest absolute Gasteiger partial charge is 0.493 e. The van der Waals surface area contributed by atoms with Gasteiger partial charge < -0.3 is 10.1 Å². The van der Waals surface area contributed by atoms with Crippen LogP contribution in [-0.2, 0) is 13.0 Å². The Morgan fingerprint density at radius 3 is 2.95 bits per heavy atom. The van der Waals surface area contributed by atoms with Gasteiger partial charge in [-0.1, -0.05) is 30.3 Å². The van der Waals surface area contributed by atoms with Crippen molar-refractivity contribution >= 4 is 0 Å². The van der Waals surface area contributed by atoms with Gasteiger partial charge in [-0.2, -0.15) is 0 Å². The summed E-state index contributed by atoms with van der Waals surface area (Å²) in [5.41, 5.74) is 3.76. The number of hydrogen-bond donors (Lipinski definition) is 1. The van der Waals surface area contributed by atoms with Crippen LogP contribution in [0, 0.1) is 5.82 Å². The summed E-state index contributed by atoms with van der Waals surface area (Å²) in [6.07, 6.45) is 2.08. The highest BCUT2D eigenvalue weighted by molar-refractivity contribution is 5.72. The summed E-state index contributed by atoms with van der Waals surface area (Å²) < 4.78 is 19.9. The van der Waals surface area contributed by atoms with Gasteiger partial charge in [0.1, 0.15) is 11.6 Å². The van der Waals surface area contributed by atoms with Crippen molar-refractivity contribution in [3.8, 4) is 16.9 Å². The van der Waals surface area contributed by atoms with Gasteiger partial charge in [-0.3, -0.25) is 0 Å². The molecule has 0 aliphatic carbocycles. The van der Waals surface area contributed by atoms with E-state index in [0.29, 0.717) is 12.1 Å². The molecule has 0 amide bonds. The van der Waals surface area contributed by atoms with Crippen molar-refractivity contribution in [1.82, 2.24) is 5.32 Å². The maximum Gasteiger partial charge on any atom is 0.130 e. The Kier molecular flexibility index (Phi) is 3.70. The van der Waals surface area contributed by atoms with Gasteiger partial charge in [0.15, 0.2) is 0 Å². The number of ether oxygens (including phenoxy) is 1. The van der Waals surface area contributed by atoms with Gasteiger partial charge in [0.2, 0.25) is 0 Å². The summed E-state index contributed by atoms with van der Waals surface area (Å²) >= 11 is 0. The van der Waals surface area contributed by atoms with E-state index >= 15 is 0 Å². The zero-order chi connectivity index (χ0) is 13.9. The maximum atomic E-state index is 14.1. The molecule has 0 saturated heterocycles. The topological polar surface area (TPSA) is 21.3 Å². The van der Waals surface area contributed by atoms with E-state index in [1.807, 2.05) is 31.3 Å². The van der Waals surface area contributed by atoms with Gasteiger partial charge in [-0.05, 0) is 37.1 Å². The third-order valence-electron chi connectivity index (χ3n) is 3.66. The van der Waals surface area contributed by atoms with Gasteiger partial charge in [-0.15, -0.1) is 0 Å². The minimum absolute atomic E-state index is 0.176. The van der Waals surface area contributed by atoms with Gasteiger partial charge >= 0.3 is 0 Å². The van der Waals surface area contributed by atoms with Gasteiger partial charge in [0, 0.05) is 17.7 Å². The van der Waals surface area contributed by atoms with E-state index in [4.69, 9.17) is 4.74 Å². The Balaban J connectivity index is 2.03. The van der Waals surface area contributed by atoms with Crippen molar-refractivity contribution in [3.63, 3.8) is 0 Å². The molecule has 2 nitrogen and oxygen atoms in total. The molecule has 1 heterocycles. The highest BCUT2D eigenvalue weighted by Gasteiger charge is 2.16. The molecule has 0 spiro atoms. The predicted octanol–water partition coefficient (Wildman–Crippen LogP) is 3.54. The number of hydrogen-bond acceptors (Lipinski definition) is 2. The van der Waals surface area contributed by atoms with Crippen LogP contribution in [0.25, 0.3) is 11.1 Å². The van der Waals surface area contributed by atoms with E-state index < -0.39 is 0 Å².